The maximum Gasteiger partial charge on any atom is 0.228 e. The van der Waals surface area contributed by atoms with Gasteiger partial charge in [0.15, 0.2) is 0 Å². The molecule has 0 spiro atoms. The predicted molar refractivity (Wildman–Crippen MR) is 83.3 cm³/mol. The number of rotatable bonds is 5. The highest BCUT2D eigenvalue weighted by Crippen LogP contribution is 2.23. The highest BCUT2D eigenvalue weighted by Gasteiger charge is 2.10. The Morgan fingerprint density at radius 1 is 1.10 bits per heavy atom. The van der Waals surface area contributed by atoms with Crippen LogP contribution >= 0.6 is 11.6 Å². The van der Waals surface area contributed by atoms with Crippen LogP contribution in [0.4, 0.5) is 5.69 Å². The number of hydrogen-bond donors (Lipinski definition) is 1. The third-order valence-electron chi connectivity index (χ3n) is 2.97. The zero-order valence-corrected chi connectivity index (χ0v) is 12.6. The van der Waals surface area contributed by atoms with E-state index in [0.29, 0.717) is 16.5 Å². The molecule has 0 radical (unpaired) electrons. The van der Waals surface area contributed by atoms with Crippen LogP contribution in [0, 0.1) is 0 Å². The molecule has 0 heterocycles. The quantitative estimate of drug-likeness (QED) is 0.919. The van der Waals surface area contributed by atoms with Crippen molar-refractivity contribution in [2.45, 2.75) is 6.42 Å². The van der Waals surface area contributed by atoms with Crippen LogP contribution in [-0.2, 0) is 11.2 Å². The van der Waals surface area contributed by atoms with Crippen LogP contribution in [0.5, 0.6) is 11.5 Å². The fourth-order valence-corrected chi connectivity index (χ4v) is 2.13. The maximum absolute atomic E-state index is 12.1. The van der Waals surface area contributed by atoms with Crippen molar-refractivity contribution in [3.05, 3.63) is 53.1 Å². The van der Waals surface area contributed by atoms with Gasteiger partial charge in [0, 0.05) is 16.3 Å². The van der Waals surface area contributed by atoms with Crippen molar-refractivity contribution in [1.29, 1.82) is 0 Å². The first kappa shape index (κ1) is 15.2. The van der Waals surface area contributed by atoms with E-state index in [0.717, 1.165) is 11.3 Å². The van der Waals surface area contributed by atoms with Gasteiger partial charge in [-0.25, -0.2) is 0 Å². The molecule has 2 rings (SSSR count). The molecule has 0 aliphatic rings. The van der Waals surface area contributed by atoms with Crippen LogP contribution in [0.1, 0.15) is 5.56 Å². The average molecular weight is 306 g/mol. The Labute approximate surface area is 128 Å². The van der Waals surface area contributed by atoms with Crippen molar-refractivity contribution >= 4 is 23.2 Å². The van der Waals surface area contributed by atoms with Crippen LogP contribution in [-0.4, -0.2) is 20.1 Å². The summed E-state index contributed by atoms with van der Waals surface area (Å²) < 4.78 is 10.3. The Bertz CT molecular complexity index is 626. The number of carbonyl (C=O) groups excluding carboxylic acids is 1. The zero-order valence-electron chi connectivity index (χ0n) is 11.9. The summed E-state index contributed by atoms with van der Waals surface area (Å²) >= 11 is 5.95. The van der Waals surface area contributed by atoms with Gasteiger partial charge < -0.3 is 14.8 Å². The van der Waals surface area contributed by atoms with E-state index in [1.807, 2.05) is 0 Å². The molecule has 0 unspecified atom stereocenters. The van der Waals surface area contributed by atoms with Crippen molar-refractivity contribution in [3.8, 4) is 11.5 Å². The molecule has 2 aromatic carbocycles. The Hall–Kier alpha value is -2.20. The summed E-state index contributed by atoms with van der Waals surface area (Å²) in [6, 6.07) is 12.3. The molecule has 0 aromatic heterocycles. The van der Waals surface area contributed by atoms with Gasteiger partial charge in [0.25, 0.3) is 0 Å². The summed E-state index contributed by atoms with van der Waals surface area (Å²) in [6.45, 7) is 0. The molecular formula is C16H16ClNO3. The zero-order chi connectivity index (χ0) is 15.2. The highest BCUT2D eigenvalue weighted by atomic mass is 35.5. The number of benzene rings is 2. The topological polar surface area (TPSA) is 47.6 Å². The minimum Gasteiger partial charge on any atom is -0.497 e. The van der Waals surface area contributed by atoms with Crippen molar-refractivity contribution in [3.63, 3.8) is 0 Å². The summed E-state index contributed by atoms with van der Waals surface area (Å²) in [7, 11) is 3.16. The number of amides is 1. The second-order valence-electron chi connectivity index (χ2n) is 4.41. The van der Waals surface area contributed by atoms with Gasteiger partial charge in [-0.2, -0.15) is 0 Å². The number of hydrogen-bond acceptors (Lipinski definition) is 3. The van der Waals surface area contributed by atoms with Gasteiger partial charge in [0.2, 0.25) is 5.91 Å². The molecule has 21 heavy (non-hydrogen) atoms. The molecule has 0 saturated carbocycles. The number of halogens is 1. The highest BCUT2D eigenvalue weighted by molar-refractivity contribution is 6.30. The van der Waals surface area contributed by atoms with E-state index in [9.17, 15) is 4.79 Å². The fourth-order valence-electron chi connectivity index (χ4n) is 1.94. The third kappa shape index (κ3) is 4.13. The molecule has 0 aliphatic heterocycles. The summed E-state index contributed by atoms with van der Waals surface area (Å²) in [4.78, 5) is 12.1. The van der Waals surface area contributed by atoms with Crippen LogP contribution in [0.25, 0.3) is 0 Å². The Morgan fingerprint density at radius 3 is 2.43 bits per heavy atom. The standard InChI is InChI=1S/C16H16ClNO3/c1-20-14-6-4-13(5-7-14)18-16(19)10-11-9-12(17)3-8-15(11)21-2/h3-9H,10H2,1-2H3,(H,18,19). The molecule has 0 atom stereocenters. The van der Waals surface area contributed by atoms with Gasteiger partial charge in [0.05, 0.1) is 20.6 Å². The van der Waals surface area contributed by atoms with E-state index >= 15 is 0 Å². The lowest BCUT2D eigenvalue weighted by molar-refractivity contribution is -0.115. The SMILES string of the molecule is COc1ccc(NC(=O)Cc2cc(Cl)ccc2OC)cc1. The first-order chi connectivity index (χ1) is 10.1. The molecule has 0 saturated heterocycles. The van der Waals surface area contributed by atoms with E-state index in [2.05, 4.69) is 5.32 Å². The van der Waals surface area contributed by atoms with Crippen LogP contribution in [0.3, 0.4) is 0 Å². The van der Waals surface area contributed by atoms with Crippen molar-refractivity contribution < 1.29 is 14.3 Å². The largest absolute Gasteiger partial charge is 0.497 e. The molecular weight excluding hydrogens is 290 g/mol. The van der Waals surface area contributed by atoms with E-state index in [1.165, 1.54) is 0 Å². The molecule has 0 bridgehead atoms. The lowest BCUT2D eigenvalue weighted by Gasteiger charge is -2.10. The number of methoxy groups -OCH3 is 2. The van der Waals surface area contributed by atoms with Crippen molar-refractivity contribution in [1.82, 2.24) is 0 Å². The lowest BCUT2D eigenvalue weighted by Crippen LogP contribution is -2.14. The molecule has 5 heteroatoms. The Balaban J connectivity index is 2.05. The monoisotopic (exact) mass is 305 g/mol. The predicted octanol–water partition coefficient (Wildman–Crippen LogP) is 3.54. The second kappa shape index (κ2) is 6.99. The summed E-state index contributed by atoms with van der Waals surface area (Å²) in [6.07, 6.45) is 0.190. The van der Waals surface area contributed by atoms with Gasteiger partial charge in [-0.1, -0.05) is 11.6 Å². The van der Waals surface area contributed by atoms with E-state index in [-0.39, 0.29) is 12.3 Å². The van der Waals surface area contributed by atoms with Crippen LogP contribution < -0.4 is 14.8 Å². The minimum absolute atomic E-state index is 0.138. The molecule has 1 amide bonds. The van der Waals surface area contributed by atoms with Gasteiger partial charge in [-0.3, -0.25) is 4.79 Å². The number of anilines is 1. The molecule has 110 valence electrons. The third-order valence-corrected chi connectivity index (χ3v) is 3.20. The van der Waals surface area contributed by atoms with Gasteiger partial charge in [-0.05, 0) is 42.5 Å². The first-order valence-corrected chi connectivity index (χ1v) is 6.76. The maximum atomic E-state index is 12.1. The summed E-state index contributed by atoms with van der Waals surface area (Å²) in [5.41, 5.74) is 1.46. The molecule has 2 aromatic rings. The molecule has 0 aliphatic carbocycles. The van der Waals surface area contributed by atoms with Crippen molar-refractivity contribution in [2.24, 2.45) is 0 Å². The van der Waals surface area contributed by atoms with E-state index in [4.69, 9.17) is 21.1 Å². The number of nitrogens with one attached hydrogen (secondary N) is 1. The van der Waals surface area contributed by atoms with Crippen LogP contribution in [0.15, 0.2) is 42.5 Å². The van der Waals surface area contributed by atoms with E-state index < -0.39 is 0 Å². The average Bonchev–Trinajstić information content (AvgIpc) is 2.48. The van der Waals surface area contributed by atoms with Crippen molar-refractivity contribution in [2.75, 3.05) is 19.5 Å². The second-order valence-corrected chi connectivity index (χ2v) is 4.85. The minimum atomic E-state index is -0.138. The molecule has 1 N–H and O–H groups in total. The normalized spacial score (nSPS) is 10.0. The van der Waals surface area contributed by atoms with Gasteiger partial charge >= 0.3 is 0 Å². The first-order valence-electron chi connectivity index (χ1n) is 6.38. The lowest BCUT2D eigenvalue weighted by atomic mass is 10.1. The van der Waals surface area contributed by atoms with Crippen LogP contribution in [0.2, 0.25) is 5.02 Å². The summed E-state index contributed by atoms with van der Waals surface area (Å²) in [5.74, 6) is 1.24. The molecule has 4 nitrogen and oxygen atoms in total. The Morgan fingerprint density at radius 2 is 1.81 bits per heavy atom. The van der Waals surface area contributed by atoms with E-state index in [1.54, 1.807) is 56.7 Å². The van der Waals surface area contributed by atoms with Gasteiger partial charge in [0.1, 0.15) is 11.5 Å². The molecule has 0 fully saturated rings. The summed E-state index contributed by atoms with van der Waals surface area (Å²) in [5, 5.41) is 3.39. The fraction of sp³-hybridized carbons (Fsp3) is 0.188. The smallest absolute Gasteiger partial charge is 0.228 e. The Kier molecular flexibility index (Phi) is 5.06. The van der Waals surface area contributed by atoms with Gasteiger partial charge in [-0.15, -0.1) is 0 Å². The number of carbonyl (C=O) groups is 1. The number of ether oxygens (including phenoxy) is 2.